The van der Waals surface area contributed by atoms with Crippen LogP contribution in [0, 0.1) is 11.6 Å². The lowest BCUT2D eigenvalue weighted by Gasteiger charge is -2.05. The lowest BCUT2D eigenvalue weighted by Crippen LogP contribution is -2.16. The molecule has 5 heteroatoms. The summed E-state index contributed by atoms with van der Waals surface area (Å²) in [4.78, 5) is 10.9. The maximum absolute atomic E-state index is 12.7. The van der Waals surface area contributed by atoms with E-state index in [4.69, 9.17) is 4.74 Å². The van der Waals surface area contributed by atoms with Crippen molar-refractivity contribution < 1.29 is 23.0 Å². The van der Waals surface area contributed by atoms with Crippen molar-refractivity contribution in [2.24, 2.45) is 0 Å². The summed E-state index contributed by atoms with van der Waals surface area (Å²) in [6, 6.07) is 2.73. The molecule has 0 aromatic heterocycles. The van der Waals surface area contributed by atoms with Crippen molar-refractivity contribution in [3.05, 3.63) is 29.8 Å². The normalized spacial score (nSPS) is 10.1. The molecule has 0 radical (unpaired) electrons. The second-order valence-electron chi connectivity index (χ2n) is 2.87. The quantitative estimate of drug-likeness (QED) is 0.749. The Bertz CT molecular complexity index is 332. The first kappa shape index (κ1) is 11.6. The predicted molar refractivity (Wildman–Crippen MR) is 48.7 cm³/mol. The summed E-state index contributed by atoms with van der Waals surface area (Å²) in [7, 11) is 1.37. The Hall–Kier alpha value is -1.49. The van der Waals surface area contributed by atoms with Crippen LogP contribution >= 0.6 is 0 Å². The van der Waals surface area contributed by atoms with Gasteiger partial charge in [-0.1, -0.05) is 0 Å². The highest BCUT2D eigenvalue weighted by Gasteiger charge is 2.05. The third-order valence-electron chi connectivity index (χ3n) is 1.54. The Morgan fingerprint density at radius 3 is 2.33 bits per heavy atom. The standard InChI is InChI=1S/C10H10F2O3/c1-14-5-9(13)6-15-10-3-7(11)2-8(12)4-10/h2-4H,5-6H2,1H3. The zero-order valence-electron chi connectivity index (χ0n) is 8.13. The van der Waals surface area contributed by atoms with E-state index in [0.717, 1.165) is 18.2 Å². The maximum Gasteiger partial charge on any atom is 0.195 e. The van der Waals surface area contributed by atoms with Crippen LogP contribution < -0.4 is 4.74 Å². The Morgan fingerprint density at radius 1 is 1.20 bits per heavy atom. The van der Waals surface area contributed by atoms with Gasteiger partial charge in [0.2, 0.25) is 0 Å². The average Bonchev–Trinajstić information content (AvgIpc) is 2.14. The van der Waals surface area contributed by atoms with Gasteiger partial charge < -0.3 is 9.47 Å². The summed E-state index contributed by atoms with van der Waals surface area (Å²) >= 11 is 0. The van der Waals surface area contributed by atoms with Gasteiger partial charge in [-0.2, -0.15) is 0 Å². The van der Waals surface area contributed by atoms with Crippen molar-refractivity contribution in [2.75, 3.05) is 20.3 Å². The third-order valence-corrected chi connectivity index (χ3v) is 1.54. The number of hydrogen-bond donors (Lipinski definition) is 0. The fraction of sp³-hybridized carbons (Fsp3) is 0.300. The first-order valence-corrected chi connectivity index (χ1v) is 4.21. The SMILES string of the molecule is COCC(=O)COc1cc(F)cc(F)c1. The molecular weight excluding hydrogens is 206 g/mol. The van der Waals surface area contributed by atoms with E-state index in [0.29, 0.717) is 0 Å². The van der Waals surface area contributed by atoms with E-state index in [9.17, 15) is 13.6 Å². The maximum atomic E-state index is 12.7. The lowest BCUT2D eigenvalue weighted by molar-refractivity contribution is -0.124. The van der Waals surface area contributed by atoms with Crippen LogP contribution in [0.5, 0.6) is 5.75 Å². The zero-order chi connectivity index (χ0) is 11.3. The largest absolute Gasteiger partial charge is 0.486 e. The molecule has 0 aliphatic carbocycles. The van der Waals surface area contributed by atoms with Crippen LogP contribution in [0.25, 0.3) is 0 Å². The van der Waals surface area contributed by atoms with Crippen molar-refractivity contribution >= 4 is 5.78 Å². The Kier molecular flexibility index (Phi) is 4.17. The lowest BCUT2D eigenvalue weighted by atomic mass is 10.3. The van der Waals surface area contributed by atoms with E-state index in [1.54, 1.807) is 0 Å². The second-order valence-corrected chi connectivity index (χ2v) is 2.87. The van der Waals surface area contributed by atoms with Gasteiger partial charge in [-0.05, 0) is 0 Å². The molecule has 0 unspecified atom stereocenters. The molecule has 0 heterocycles. The number of carbonyl (C=O) groups excluding carboxylic acids is 1. The summed E-state index contributed by atoms with van der Waals surface area (Å²) in [5.41, 5.74) is 0. The first-order valence-electron chi connectivity index (χ1n) is 4.21. The summed E-state index contributed by atoms with van der Waals surface area (Å²) in [5, 5.41) is 0. The summed E-state index contributed by atoms with van der Waals surface area (Å²) in [5.74, 6) is -1.81. The second kappa shape index (κ2) is 5.41. The van der Waals surface area contributed by atoms with E-state index in [-0.39, 0.29) is 24.7 Å². The number of rotatable bonds is 5. The number of ether oxygens (including phenoxy) is 2. The molecule has 1 rings (SSSR count). The highest BCUT2D eigenvalue weighted by atomic mass is 19.1. The number of halogens is 2. The van der Waals surface area contributed by atoms with Gasteiger partial charge in [-0.3, -0.25) is 4.79 Å². The van der Waals surface area contributed by atoms with Crippen molar-refractivity contribution in [2.45, 2.75) is 0 Å². The number of hydrogen-bond acceptors (Lipinski definition) is 3. The molecule has 0 N–H and O–H groups in total. The van der Waals surface area contributed by atoms with E-state index in [2.05, 4.69) is 4.74 Å². The molecule has 1 aromatic rings. The molecule has 3 nitrogen and oxygen atoms in total. The predicted octanol–water partition coefficient (Wildman–Crippen LogP) is 1.56. The highest BCUT2D eigenvalue weighted by Crippen LogP contribution is 2.14. The monoisotopic (exact) mass is 216 g/mol. The topological polar surface area (TPSA) is 35.5 Å². The van der Waals surface area contributed by atoms with Crippen molar-refractivity contribution in [1.82, 2.24) is 0 Å². The molecule has 0 spiro atoms. The minimum Gasteiger partial charge on any atom is -0.486 e. The van der Waals surface area contributed by atoms with Crippen LogP contribution in [0.4, 0.5) is 8.78 Å². The van der Waals surface area contributed by atoms with Gasteiger partial charge >= 0.3 is 0 Å². The van der Waals surface area contributed by atoms with Crippen LogP contribution in [0.15, 0.2) is 18.2 Å². The van der Waals surface area contributed by atoms with Gasteiger partial charge in [0.05, 0.1) is 0 Å². The van der Waals surface area contributed by atoms with Crippen LogP contribution in [-0.4, -0.2) is 26.1 Å². The Morgan fingerprint density at radius 2 is 1.80 bits per heavy atom. The first-order chi connectivity index (χ1) is 7.11. The number of carbonyl (C=O) groups is 1. The molecule has 0 saturated heterocycles. The van der Waals surface area contributed by atoms with Gasteiger partial charge in [0.1, 0.15) is 30.6 Å². The Labute approximate surface area is 85.6 Å². The number of ketones is 1. The van der Waals surface area contributed by atoms with Gasteiger partial charge in [0.15, 0.2) is 5.78 Å². The van der Waals surface area contributed by atoms with Crippen LogP contribution in [-0.2, 0) is 9.53 Å². The molecule has 1 aromatic carbocycles. The number of Topliss-reactive ketones (excluding diaryl/α,β-unsaturated/α-hetero) is 1. The molecule has 0 atom stereocenters. The zero-order valence-corrected chi connectivity index (χ0v) is 8.13. The van der Waals surface area contributed by atoms with E-state index >= 15 is 0 Å². The molecule has 0 saturated carbocycles. The highest BCUT2D eigenvalue weighted by molar-refractivity contribution is 5.81. The molecule has 0 fully saturated rings. The van der Waals surface area contributed by atoms with E-state index < -0.39 is 11.6 Å². The molecule has 82 valence electrons. The molecule has 0 aliphatic heterocycles. The van der Waals surface area contributed by atoms with E-state index in [1.807, 2.05) is 0 Å². The minimum atomic E-state index is -0.746. The molecular formula is C10H10F2O3. The third kappa shape index (κ3) is 4.03. The van der Waals surface area contributed by atoms with Gasteiger partial charge in [-0.15, -0.1) is 0 Å². The van der Waals surface area contributed by atoms with Crippen molar-refractivity contribution in [1.29, 1.82) is 0 Å². The number of benzene rings is 1. The Balaban J connectivity index is 2.54. The van der Waals surface area contributed by atoms with Crippen molar-refractivity contribution in [3.63, 3.8) is 0 Å². The van der Waals surface area contributed by atoms with Gasteiger partial charge in [-0.25, -0.2) is 8.78 Å². The van der Waals surface area contributed by atoms with Crippen LogP contribution in [0.3, 0.4) is 0 Å². The van der Waals surface area contributed by atoms with Crippen LogP contribution in [0.2, 0.25) is 0 Å². The summed E-state index contributed by atoms with van der Waals surface area (Å²) < 4.78 is 34.8. The molecule has 0 aliphatic rings. The molecule has 15 heavy (non-hydrogen) atoms. The van der Waals surface area contributed by atoms with Gasteiger partial charge in [0.25, 0.3) is 0 Å². The molecule has 0 bridgehead atoms. The van der Waals surface area contributed by atoms with E-state index in [1.165, 1.54) is 7.11 Å². The van der Waals surface area contributed by atoms with Crippen molar-refractivity contribution in [3.8, 4) is 5.75 Å². The summed E-state index contributed by atoms with van der Waals surface area (Å²) in [6.07, 6.45) is 0. The summed E-state index contributed by atoms with van der Waals surface area (Å²) in [6.45, 7) is -0.353. The fourth-order valence-corrected chi connectivity index (χ4v) is 0.978. The van der Waals surface area contributed by atoms with Gasteiger partial charge in [0, 0.05) is 25.3 Å². The van der Waals surface area contributed by atoms with Crippen LogP contribution in [0.1, 0.15) is 0 Å². The fourth-order valence-electron chi connectivity index (χ4n) is 0.978. The minimum absolute atomic E-state index is 0.0167. The molecule has 0 amide bonds. The average molecular weight is 216 g/mol. The smallest absolute Gasteiger partial charge is 0.195 e. The number of methoxy groups -OCH3 is 1.